The van der Waals surface area contributed by atoms with Gasteiger partial charge < -0.3 is 9.05 Å². The highest BCUT2D eigenvalue weighted by Crippen LogP contribution is 2.16. The molecule has 0 amide bonds. The van der Waals surface area contributed by atoms with Gasteiger partial charge in [0.15, 0.2) is 11.5 Å². The summed E-state index contributed by atoms with van der Waals surface area (Å²) in [7, 11) is 0. The number of nitrogens with zero attached hydrogens (tertiary/aromatic N) is 3. The Bertz CT molecular complexity index is 405. The molecule has 0 saturated heterocycles. The Morgan fingerprint density at radius 1 is 1.31 bits per heavy atom. The third-order valence-corrected chi connectivity index (χ3v) is 1.63. The van der Waals surface area contributed by atoms with E-state index in [0.29, 0.717) is 17.4 Å². The van der Waals surface area contributed by atoms with E-state index in [0.717, 1.165) is 12.2 Å². The number of aryl methyl sites for hydroxylation is 2. The van der Waals surface area contributed by atoms with Gasteiger partial charge in [0.1, 0.15) is 5.76 Å². The summed E-state index contributed by atoms with van der Waals surface area (Å²) in [5.74, 6) is 1.82. The van der Waals surface area contributed by atoms with Crippen molar-refractivity contribution in [3.8, 4) is 11.6 Å². The van der Waals surface area contributed by atoms with E-state index in [1.165, 1.54) is 0 Å². The standard InChI is InChI=1S/C8H9N3O2/c1-3-7-9-8(13-11-7)6-4-5(2)12-10-6/h4H,3H2,1-2H3. The van der Waals surface area contributed by atoms with Crippen molar-refractivity contribution in [3.63, 3.8) is 0 Å². The molecule has 0 unspecified atom stereocenters. The largest absolute Gasteiger partial charge is 0.361 e. The number of hydrogen-bond acceptors (Lipinski definition) is 5. The highest BCUT2D eigenvalue weighted by atomic mass is 16.5. The predicted octanol–water partition coefficient (Wildman–Crippen LogP) is 1.60. The Morgan fingerprint density at radius 2 is 2.15 bits per heavy atom. The molecule has 0 bridgehead atoms. The van der Waals surface area contributed by atoms with Crippen LogP contribution in [0.3, 0.4) is 0 Å². The van der Waals surface area contributed by atoms with Gasteiger partial charge in [-0.25, -0.2) is 0 Å². The van der Waals surface area contributed by atoms with Crippen LogP contribution in [0.1, 0.15) is 18.5 Å². The summed E-state index contributed by atoms with van der Waals surface area (Å²) in [4.78, 5) is 4.11. The van der Waals surface area contributed by atoms with Crippen LogP contribution in [0.15, 0.2) is 15.1 Å². The maximum absolute atomic E-state index is 4.97. The smallest absolute Gasteiger partial charge is 0.280 e. The van der Waals surface area contributed by atoms with E-state index in [-0.39, 0.29) is 0 Å². The lowest BCUT2D eigenvalue weighted by atomic mass is 10.4. The lowest BCUT2D eigenvalue weighted by Crippen LogP contribution is -1.81. The molecule has 2 aromatic rings. The maximum atomic E-state index is 4.97. The van der Waals surface area contributed by atoms with Gasteiger partial charge in [-0.2, -0.15) is 4.98 Å². The van der Waals surface area contributed by atoms with Crippen molar-refractivity contribution in [2.45, 2.75) is 20.3 Å². The average molecular weight is 179 g/mol. The fourth-order valence-electron chi connectivity index (χ4n) is 0.969. The lowest BCUT2D eigenvalue weighted by Gasteiger charge is -1.79. The van der Waals surface area contributed by atoms with Crippen LogP contribution in [0, 0.1) is 6.92 Å². The molecule has 5 heteroatoms. The van der Waals surface area contributed by atoms with Crippen molar-refractivity contribution in [1.82, 2.24) is 15.3 Å². The molecule has 13 heavy (non-hydrogen) atoms. The molecule has 0 atom stereocenters. The number of hydrogen-bond donors (Lipinski definition) is 0. The van der Waals surface area contributed by atoms with Crippen LogP contribution in [-0.2, 0) is 6.42 Å². The van der Waals surface area contributed by atoms with E-state index in [1.807, 2.05) is 13.8 Å². The average Bonchev–Trinajstić information content (AvgIpc) is 2.71. The molecule has 5 nitrogen and oxygen atoms in total. The van der Waals surface area contributed by atoms with Gasteiger partial charge >= 0.3 is 0 Å². The predicted molar refractivity (Wildman–Crippen MR) is 43.9 cm³/mol. The second kappa shape index (κ2) is 3.01. The van der Waals surface area contributed by atoms with Crippen molar-refractivity contribution < 1.29 is 9.05 Å². The summed E-state index contributed by atoms with van der Waals surface area (Å²) in [5.41, 5.74) is 0.588. The normalized spacial score (nSPS) is 10.6. The highest BCUT2D eigenvalue weighted by Gasteiger charge is 2.11. The van der Waals surface area contributed by atoms with Crippen LogP contribution in [0.5, 0.6) is 0 Å². The molecule has 0 aliphatic heterocycles. The fourth-order valence-corrected chi connectivity index (χ4v) is 0.969. The first-order valence-corrected chi connectivity index (χ1v) is 4.06. The van der Waals surface area contributed by atoms with E-state index >= 15 is 0 Å². The van der Waals surface area contributed by atoms with Crippen LogP contribution in [-0.4, -0.2) is 15.3 Å². The first-order valence-electron chi connectivity index (χ1n) is 4.06. The summed E-state index contributed by atoms with van der Waals surface area (Å²) in [6, 6.07) is 1.76. The third kappa shape index (κ3) is 1.44. The topological polar surface area (TPSA) is 65.0 Å². The van der Waals surface area contributed by atoms with Crippen molar-refractivity contribution in [3.05, 3.63) is 17.7 Å². The summed E-state index contributed by atoms with van der Waals surface area (Å²) < 4.78 is 9.86. The van der Waals surface area contributed by atoms with Crippen LogP contribution in [0.2, 0.25) is 0 Å². The Kier molecular flexibility index (Phi) is 1.84. The van der Waals surface area contributed by atoms with Gasteiger partial charge in [0.05, 0.1) is 0 Å². The molecule has 0 aromatic carbocycles. The quantitative estimate of drug-likeness (QED) is 0.700. The molecule has 0 N–H and O–H groups in total. The second-order valence-electron chi connectivity index (χ2n) is 2.69. The molecule has 0 saturated carbocycles. The lowest BCUT2D eigenvalue weighted by molar-refractivity contribution is 0.389. The van der Waals surface area contributed by atoms with Crippen molar-refractivity contribution in [1.29, 1.82) is 0 Å². The van der Waals surface area contributed by atoms with Crippen molar-refractivity contribution in [2.24, 2.45) is 0 Å². The van der Waals surface area contributed by atoms with Gasteiger partial charge in [-0.15, -0.1) is 0 Å². The third-order valence-electron chi connectivity index (χ3n) is 1.63. The van der Waals surface area contributed by atoms with Crippen LogP contribution in [0.4, 0.5) is 0 Å². The summed E-state index contributed by atoms with van der Waals surface area (Å²) in [6.07, 6.45) is 0.750. The SMILES string of the molecule is CCc1noc(-c2cc(C)on2)n1. The van der Waals surface area contributed by atoms with E-state index in [1.54, 1.807) is 6.07 Å². The molecule has 0 aliphatic carbocycles. The molecular formula is C8H9N3O2. The molecule has 2 heterocycles. The second-order valence-corrected chi connectivity index (χ2v) is 2.69. The number of aromatic nitrogens is 3. The van der Waals surface area contributed by atoms with E-state index in [9.17, 15) is 0 Å². The van der Waals surface area contributed by atoms with Gasteiger partial charge in [-0.3, -0.25) is 0 Å². The Labute approximate surface area is 74.7 Å². The van der Waals surface area contributed by atoms with Gasteiger partial charge in [-0.1, -0.05) is 17.2 Å². The fraction of sp³-hybridized carbons (Fsp3) is 0.375. The van der Waals surface area contributed by atoms with Crippen LogP contribution in [0.25, 0.3) is 11.6 Å². The molecule has 0 radical (unpaired) electrons. The monoisotopic (exact) mass is 179 g/mol. The zero-order valence-corrected chi connectivity index (χ0v) is 7.44. The summed E-state index contributed by atoms with van der Waals surface area (Å²) in [5, 5.41) is 7.51. The minimum Gasteiger partial charge on any atom is -0.361 e. The molecular weight excluding hydrogens is 170 g/mol. The number of rotatable bonds is 2. The van der Waals surface area contributed by atoms with Gasteiger partial charge in [0.2, 0.25) is 0 Å². The zero-order valence-electron chi connectivity index (χ0n) is 7.44. The van der Waals surface area contributed by atoms with Gasteiger partial charge in [0, 0.05) is 12.5 Å². The minimum atomic E-state index is 0.411. The van der Waals surface area contributed by atoms with Crippen molar-refractivity contribution >= 4 is 0 Å². The van der Waals surface area contributed by atoms with E-state index in [2.05, 4.69) is 15.3 Å². The summed E-state index contributed by atoms with van der Waals surface area (Å²) >= 11 is 0. The Morgan fingerprint density at radius 3 is 2.69 bits per heavy atom. The summed E-state index contributed by atoms with van der Waals surface area (Å²) in [6.45, 7) is 3.77. The van der Waals surface area contributed by atoms with E-state index < -0.39 is 0 Å². The Hall–Kier alpha value is -1.65. The zero-order chi connectivity index (χ0) is 9.26. The van der Waals surface area contributed by atoms with Crippen LogP contribution < -0.4 is 0 Å². The van der Waals surface area contributed by atoms with Gasteiger partial charge in [-0.05, 0) is 6.92 Å². The van der Waals surface area contributed by atoms with Gasteiger partial charge in [0.25, 0.3) is 5.89 Å². The molecule has 68 valence electrons. The minimum absolute atomic E-state index is 0.411. The Balaban J connectivity index is 2.35. The van der Waals surface area contributed by atoms with E-state index in [4.69, 9.17) is 9.05 Å². The maximum Gasteiger partial charge on any atom is 0.280 e. The molecule has 0 aliphatic rings. The molecule has 0 fully saturated rings. The molecule has 2 rings (SSSR count). The molecule has 0 spiro atoms. The highest BCUT2D eigenvalue weighted by molar-refractivity contribution is 5.45. The first-order chi connectivity index (χ1) is 6.29. The first kappa shape index (κ1) is 7.97. The van der Waals surface area contributed by atoms with Crippen molar-refractivity contribution in [2.75, 3.05) is 0 Å². The van der Waals surface area contributed by atoms with Crippen LogP contribution >= 0.6 is 0 Å². The molecule has 2 aromatic heterocycles.